The van der Waals surface area contributed by atoms with Crippen LogP contribution in [0.25, 0.3) is 11.0 Å². The van der Waals surface area contributed by atoms with Crippen LogP contribution in [0.15, 0.2) is 28.7 Å². The number of hydroxylamine groups is 1. The average molecular weight is 263 g/mol. The van der Waals surface area contributed by atoms with Crippen LogP contribution in [0.3, 0.4) is 0 Å². The summed E-state index contributed by atoms with van der Waals surface area (Å²) in [5.41, 5.74) is 4.46. The third-order valence-electron chi connectivity index (χ3n) is 2.59. The molecule has 0 atom stereocenters. The maximum absolute atomic E-state index is 10.8. The van der Waals surface area contributed by atoms with Gasteiger partial charge in [-0.1, -0.05) is 19.9 Å². The van der Waals surface area contributed by atoms with Crippen molar-refractivity contribution < 1.29 is 19.2 Å². The van der Waals surface area contributed by atoms with Gasteiger partial charge in [0.2, 0.25) is 5.76 Å². The SMILES string of the molecule is CC(C)CONCc1ccc2oc(C(=O)O)cc2c1. The van der Waals surface area contributed by atoms with E-state index in [4.69, 9.17) is 14.4 Å². The lowest BCUT2D eigenvalue weighted by Gasteiger charge is -2.07. The second-order valence-corrected chi connectivity index (χ2v) is 4.81. The van der Waals surface area contributed by atoms with Crippen LogP contribution in [0, 0.1) is 5.92 Å². The fourth-order valence-corrected chi connectivity index (χ4v) is 1.67. The Labute approximate surface area is 111 Å². The van der Waals surface area contributed by atoms with Crippen LogP contribution in [-0.4, -0.2) is 17.7 Å². The van der Waals surface area contributed by atoms with Crippen LogP contribution in [-0.2, 0) is 11.4 Å². The van der Waals surface area contributed by atoms with Crippen LogP contribution >= 0.6 is 0 Å². The molecule has 2 N–H and O–H groups in total. The van der Waals surface area contributed by atoms with Crippen LogP contribution in [0.2, 0.25) is 0 Å². The van der Waals surface area contributed by atoms with Gasteiger partial charge in [0.1, 0.15) is 5.58 Å². The van der Waals surface area contributed by atoms with Gasteiger partial charge in [-0.15, -0.1) is 0 Å². The Hall–Kier alpha value is -1.85. The van der Waals surface area contributed by atoms with Gasteiger partial charge < -0.3 is 14.4 Å². The minimum Gasteiger partial charge on any atom is -0.475 e. The van der Waals surface area contributed by atoms with Crippen molar-refractivity contribution in [2.75, 3.05) is 6.61 Å². The number of hydrogen-bond acceptors (Lipinski definition) is 4. The number of benzene rings is 1. The van der Waals surface area contributed by atoms with Crippen LogP contribution in [0.5, 0.6) is 0 Å². The molecule has 102 valence electrons. The predicted octanol–water partition coefficient (Wildman–Crippen LogP) is 2.81. The summed E-state index contributed by atoms with van der Waals surface area (Å²) in [6.07, 6.45) is 0. The summed E-state index contributed by atoms with van der Waals surface area (Å²) in [6, 6.07) is 7.05. The van der Waals surface area contributed by atoms with Crippen molar-refractivity contribution in [3.63, 3.8) is 0 Å². The van der Waals surface area contributed by atoms with Crippen molar-refractivity contribution in [2.45, 2.75) is 20.4 Å². The molecule has 0 fully saturated rings. The third kappa shape index (κ3) is 3.56. The van der Waals surface area contributed by atoms with Crippen LogP contribution in [0.1, 0.15) is 30.0 Å². The van der Waals surface area contributed by atoms with Gasteiger partial charge in [0.15, 0.2) is 0 Å². The molecule has 0 aliphatic carbocycles. The topological polar surface area (TPSA) is 71.7 Å². The van der Waals surface area contributed by atoms with E-state index in [1.807, 2.05) is 12.1 Å². The first-order chi connectivity index (χ1) is 9.06. The first kappa shape index (κ1) is 13.6. The molecule has 5 nitrogen and oxygen atoms in total. The average Bonchev–Trinajstić information content (AvgIpc) is 2.77. The molecule has 2 rings (SSSR count). The molecule has 0 saturated heterocycles. The summed E-state index contributed by atoms with van der Waals surface area (Å²) < 4.78 is 5.19. The molecule has 0 radical (unpaired) electrons. The first-order valence-corrected chi connectivity index (χ1v) is 6.16. The summed E-state index contributed by atoms with van der Waals surface area (Å²) >= 11 is 0. The molecule has 0 saturated carbocycles. The fourth-order valence-electron chi connectivity index (χ4n) is 1.67. The Morgan fingerprint density at radius 2 is 2.21 bits per heavy atom. The van der Waals surface area contributed by atoms with E-state index < -0.39 is 5.97 Å². The van der Waals surface area contributed by atoms with Gasteiger partial charge in [0.05, 0.1) is 6.61 Å². The molecule has 1 aromatic carbocycles. The van der Waals surface area contributed by atoms with E-state index in [-0.39, 0.29) is 5.76 Å². The maximum atomic E-state index is 10.8. The van der Waals surface area contributed by atoms with Gasteiger partial charge in [-0.2, -0.15) is 5.48 Å². The highest BCUT2D eigenvalue weighted by atomic mass is 16.6. The number of carboxylic acids is 1. The van der Waals surface area contributed by atoms with E-state index in [2.05, 4.69) is 19.3 Å². The lowest BCUT2D eigenvalue weighted by Crippen LogP contribution is -2.17. The number of hydrogen-bond donors (Lipinski definition) is 2. The molecule has 2 aromatic rings. The predicted molar refractivity (Wildman–Crippen MR) is 70.8 cm³/mol. The van der Waals surface area contributed by atoms with Gasteiger partial charge in [0, 0.05) is 11.9 Å². The van der Waals surface area contributed by atoms with Gasteiger partial charge >= 0.3 is 5.97 Å². The molecular weight excluding hydrogens is 246 g/mol. The normalized spacial score (nSPS) is 11.3. The molecule has 0 aliphatic heterocycles. The summed E-state index contributed by atoms with van der Waals surface area (Å²) in [5, 5.41) is 9.63. The molecular formula is C14H17NO4. The molecule has 1 heterocycles. The van der Waals surface area contributed by atoms with E-state index in [1.165, 1.54) is 6.07 Å². The van der Waals surface area contributed by atoms with Crippen molar-refractivity contribution >= 4 is 16.9 Å². The largest absolute Gasteiger partial charge is 0.475 e. The molecule has 0 spiro atoms. The van der Waals surface area contributed by atoms with E-state index in [0.29, 0.717) is 24.7 Å². The van der Waals surface area contributed by atoms with Gasteiger partial charge in [-0.25, -0.2) is 4.79 Å². The van der Waals surface area contributed by atoms with Gasteiger partial charge in [-0.3, -0.25) is 0 Å². The number of furan rings is 1. The first-order valence-electron chi connectivity index (χ1n) is 6.16. The van der Waals surface area contributed by atoms with Crippen molar-refractivity contribution in [3.8, 4) is 0 Å². The van der Waals surface area contributed by atoms with Crippen molar-refractivity contribution in [1.29, 1.82) is 0 Å². The zero-order valence-corrected chi connectivity index (χ0v) is 11.0. The highest BCUT2D eigenvalue weighted by molar-refractivity contribution is 5.91. The maximum Gasteiger partial charge on any atom is 0.371 e. The zero-order valence-electron chi connectivity index (χ0n) is 11.0. The third-order valence-corrected chi connectivity index (χ3v) is 2.59. The van der Waals surface area contributed by atoms with Gasteiger partial charge in [-0.05, 0) is 29.7 Å². The molecule has 19 heavy (non-hydrogen) atoms. The molecule has 0 amide bonds. The fraction of sp³-hybridized carbons (Fsp3) is 0.357. The Morgan fingerprint density at radius 1 is 1.42 bits per heavy atom. The number of carbonyl (C=O) groups is 1. The monoisotopic (exact) mass is 263 g/mol. The Balaban J connectivity index is 2.02. The highest BCUT2D eigenvalue weighted by Crippen LogP contribution is 2.20. The lowest BCUT2D eigenvalue weighted by atomic mass is 10.1. The number of fused-ring (bicyclic) bond motifs is 1. The van der Waals surface area contributed by atoms with Crippen LogP contribution < -0.4 is 5.48 Å². The summed E-state index contributed by atoms with van der Waals surface area (Å²) in [4.78, 5) is 16.1. The van der Waals surface area contributed by atoms with E-state index >= 15 is 0 Å². The number of rotatable bonds is 6. The summed E-state index contributed by atoms with van der Waals surface area (Å²) in [5.74, 6) is -0.630. The smallest absolute Gasteiger partial charge is 0.371 e. The standard InChI is InChI=1S/C14H17NO4/c1-9(2)8-18-15-7-10-3-4-12-11(5-10)6-13(19-12)14(16)17/h3-6,9,15H,7-8H2,1-2H3,(H,16,17). The number of carboxylic acid groups (broad SMARTS) is 1. The Morgan fingerprint density at radius 3 is 2.89 bits per heavy atom. The van der Waals surface area contributed by atoms with E-state index in [0.717, 1.165) is 10.9 Å². The van der Waals surface area contributed by atoms with Crippen LogP contribution in [0.4, 0.5) is 0 Å². The highest BCUT2D eigenvalue weighted by Gasteiger charge is 2.10. The zero-order chi connectivity index (χ0) is 13.8. The van der Waals surface area contributed by atoms with E-state index in [9.17, 15) is 4.79 Å². The lowest BCUT2D eigenvalue weighted by molar-refractivity contribution is 0.0196. The molecule has 0 bridgehead atoms. The quantitative estimate of drug-likeness (QED) is 0.619. The summed E-state index contributed by atoms with van der Waals surface area (Å²) in [6.45, 7) is 5.37. The van der Waals surface area contributed by atoms with Crippen molar-refractivity contribution in [2.24, 2.45) is 5.92 Å². The molecule has 1 aromatic heterocycles. The Bertz CT molecular complexity index is 574. The van der Waals surface area contributed by atoms with E-state index in [1.54, 1.807) is 6.07 Å². The van der Waals surface area contributed by atoms with Gasteiger partial charge in [0.25, 0.3) is 0 Å². The van der Waals surface area contributed by atoms with Crippen molar-refractivity contribution in [3.05, 3.63) is 35.6 Å². The van der Waals surface area contributed by atoms with Crippen molar-refractivity contribution in [1.82, 2.24) is 5.48 Å². The Kier molecular flexibility index (Phi) is 4.19. The molecule has 0 aliphatic rings. The molecule has 5 heteroatoms. The second kappa shape index (κ2) is 5.86. The minimum absolute atomic E-state index is 0.0452. The molecule has 0 unspecified atom stereocenters. The number of nitrogens with one attached hydrogen (secondary N) is 1. The number of aromatic carboxylic acids is 1. The summed E-state index contributed by atoms with van der Waals surface area (Å²) in [7, 11) is 0. The second-order valence-electron chi connectivity index (χ2n) is 4.81. The minimum atomic E-state index is -1.06.